The molecule has 4 unspecified atom stereocenters. The van der Waals surface area contributed by atoms with Gasteiger partial charge in [-0.25, -0.2) is 4.79 Å². The standard InChI is InChI=1S/C17H27N5O10S/c18-7(1-3-12(24)25)14(28)22-10(6-33)16(30)21-9(5-11(19)23)15(29)20-8(17(31)32)2-4-13(26)27/h7-10,33H,1-6,18H2,(H2,19,23)(H,20,29)(H,21,30)(H,22,28)(H,24,25)(H,26,27)(H,31,32). The summed E-state index contributed by atoms with van der Waals surface area (Å²) < 4.78 is 0. The highest BCUT2D eigenvalue weighted by Gasteiger charge is 2.31. The Balaban J connectivity index is 5.26. The largest absolute Gasteiger partial charge is 0.481 e. The number of aliphatic carboxylic acids is 3. The molecule has 0 aliphatic carbocycles. The number of nitrogens with one attached hydrogen (secondary N) is 3. The Hall–Kier alpha value is -3.40. The Morgan fingerprint density at radius 3 is 1.64 bits per heavy atom. The molecule has 0 rings (SSSR count). The molecule has 0 bridgehead atoms. The number of carboxylic acid groups (broad SMARTS) is 3. The minimum absolute atomic E-state index is 0.207. The number of primary amides is 1. The molecule has 186 valence electrons. The lowest BCUT2D eigenvalue weighted by Gasteiger charge is -2.24. The van der Waals surface area contributed by atoms with Gasteiger partial charge in [0.05, 0.1) is 12.5 Å². The van der Waals surface area contributed by atoms with Gasteiger partial charge in [-0.2, -0.15) is 12.6 Å². The van der Waals surface area contributed by atoms with Crippen molar-refractivity contribution in [2.45, 2.75) is 56.3 Å². The third kappa shape index (κ3) is 12.3. The van der Waals surface area contributed by atoms with E-state index in [1.54, 1.807) is 0 Å². The Kier molecular flexibility index (Phi) is 13.1. The van der Waals surface area contributed by atoms with E-state index in [-0.39, 0.29) is 18.6 Å². The molecule has 0 aromatic carbocycles. The number of hydrogen-bond acceptors (Lipinski definition) is 9. The van der Waals surface area contributed by atoms with Crippen molar-refractivity contribution in [2.75, 3.05) is 5.75 Å². The van der Waals surface area contributed by atoms with Gasteiger partial charge < -0.3 is 42.7 Å². The van der Waals surface area contributed by atoms with Crippen LogP contribution in [0, 0.1) is 0 Å². The lowest BCUT2D eigenvalue weighted by Crippen LogP contribution is -2.58. The van der Waals surface area contributed by atoms with E-state index in [1.165, 1.54) is 0 Å². The van der Waals surface area contributed by atoms with Gasteiger partial charge in [-0.3, -0.25) is 28.8 Å². The van der Waals surface area contributed by atoms with Crippen molar-refractivity contribution in [2.24, 2.45) is 11.5 Å². The predicted octanol–water partition coefficient (Wildman–Crippen LogP) is -3.61. The Bertz CT molecular complexity index is 777. The monoisotopic (exact) mass is 493 g/mol. The van der Waals surface area contributed by atoms with Gasteiger partial charge in [0.15, 0.2) is 0 Å². The van der Waals surface area contributed by atoms with Crippen molar-refractivity contribution in [3.05, 3.63) is 0 Å². The fourth-order valence-corrected chi connectivity index (χ4v) is 2.62. The lowest BCUT2D eigenvalue weighted by atomic mass is 10.1. The first-order chi connectivity index (χ1) is 15.3. The summed E-state index contributed by atoms with van der Waals surface area (Å²) in [6.07, 6.45) is -2.35. The van der Waals surface area contributed by atoms with E-state index in [1.807, 2.05) is 5.32 Å². The molecule has 0 saturated heterocycles. The SMILES string of the molecule is NC(=O)CC(NC(=O)C(CS)NC(=O)C(N)CCC(=O)O)C(=O)NC(CCC(=O)O)C(=O)O. The van der Waals surface area contributed by atoms with Crippen LogP contribution < -0.4 is 27.4 Å². The first-order valence-corrected chi connectivity index (χ1v) is 10.1. The maximum Gasteiger partial charge on any atom is 0.326 e. The number of carbonyl (C=O) groups excluding carboxylic acids is 4. The van der Waals surface area contributed by atoms with Gasteiger partial charge in [-0.05, 0) is 12.8 Å². The third-order valence-corrected chi connectivity index (χ3v) is 4.49. The predicted molar refractivity (Wildman–Crippen MR) is 113 cm³/mol. The quantitative estimate of drug-likeness (QED) is 0.0947. The lowest BCUT2D eigenvalue weighted by molar-refractivity contribution is -0.143. The summed E-state index contributed by atoms with van der Waals surface area (Å²) in [4.78, 5) is 80.8. The molecule has 0 fully saturated rings. The van der Waals surface area contributed by atoms with Crippen molar-refractivity contribution >= 4 is 54.2 Å². The van der Waals surface area contributed by atoms with Crippen LogP contribution in [0.2, 0.25) is 0 Å². The molecule has 33 heavy (non-hydrogen) atoms. The molecule has 0 radical (unpaired) electrons. The molecule has 10 N–H and O–H groups in total. The summed E-state index contributed by atoms with van der Waals surface area (Å²) in [7, 11) is 0. The molecule has 0 saturated carbocycles. The Labute approximate surface area is 193 Å². The van der Waals surface area contributed by atoms with Gasteiger partial charge in [0.25, 0.3) is 0 Å². The van der Waals surface area contributed by atoms with Crippen LogP contribution in [0.25, 0.3) is 0 Å². The number of nitrogens with two attached hydrogens (primary N) is 2. The summed E-state index contributed by atoms with van der Waals surface area (Å²) in [5.41, 5.74) is 10.6. The maximum absolute atomic E-state index is 12.5. The summed E-state index contributed by atoms with van der Waals surface area (Å²) in [6.45, 7) is 0. The van der Waals surface area contributed by atoms with Crippen LogP contribution in [0.15, 0.2) is 0 Å². The van der Waals surface area contributed by atoms with E-state index < -0.39 is 85.0 Å². The number of carbonyl (C=O) groups is 7. The van der Waals surface area contributed by atoms with Gasteiger partial charge in [-0.1, -0.05) is 0 Å². The van der Waals surface area contributed by atoms with Crippen LogP contribution in [0.3, 0.4) is 0 Å². The normalized spacial score (nSPS) is 14.1. The minimum Gasteiger partial charge on any atom is -0.481 e. The van der Waals surface area contributed by atoms with E-state index in [0.29, 0.717) is 0 Å². The Morgan fingerprint density at radius 1 is 0.727 bits per heavy atom. The molecular formula is C17H27N5O10S. The van der Waals surface area contributed by atoms with Crippen LogP contribution in [0.5, 0.6) is 0 Å². The van der Waals surface area contributed by atoms with E-state index >= 15 is 0 Å². The van der Waals surface area contributed by atoms with Gasteiger partial charge in [0.1, 0.15) is 18.1 Å². The van der Waals surface area contributed by atoms with Crippen molar-refractivity contribution in [1.29, 1.82) is 0 Å². The summed E-state index contributed by atoms with van der Waals surface area (Å²) in [6, 6.07) is -5.84. The summed E-state index contributed by atoms with van der Waals surface area (Å²) >= 11 is 3.92. The van der Waals surface area contributed by atoms with Crippen LogP contribution in [0.4, 0.5) is 0 Å². The van der Waals surface area contributed by atoms with Gasteiger partial charge >= 0.3 is 17.9 Å². The van der Waals surface area contributed by atoms with Crippen molar-refractivity contribution < 1.29 is 48.9 Å². The smallest absolute Gasteiger partial charge is 0.326 e. The van der Waals surface area contributed by atoms with E-state index in [4.69, 9.17) is 26.8 Å². The molecule has 0 aromatic heterocycles. The van der Waals surface area contributed by atoms with Crippen molar-refractivity contribution in [3.63, 3.8) is 0 Å². The third-order valence-electron chi connectivity index (χ3n) is 4.12. The zero-order valence-corrected chi connectivity index (χ0v) is 18.2. The van der Waals surface area contributed by atoms with Crippen LogP contribution in [-0.4, -0.2) is 86.8 Å². The van der Waals surface area contributed by atoms with E-state index in [2.05, 4.69) is 23.3 Å². The van der Waals surface area contributed by atoms with Crippen LogP contribution in [-0.2, 0) is 33.6 Å². The van der Waals surface area contributed by atoms with Gasteiger partial charge in [-0.15, -0.1) is 0 Å². The molecule has 0 spiro atoms. The highest BCUT2D eigenvalue weighted by molar-refractivity contribution is 7.80. The molecule has 4 amide bonds. The zero-order chi connectivity index (χ0) is 25.7. The Morgan fingerprint density at radius 2 is 1.18 bits per heavy atom. The number of carboxylic acids is 3. The molecule has 0 aliphatic rings. The second kappa shape index (κ2) is 14.6. The average molecular weight is 493 g/mol. The van der Waals surface area contributed by atoms with Crippen LogP contribution in [0.1, 0.15) is 32.1 Å². The van der Waals surface area contributed by atoms with Crippen molar-refractivity contribution in [3.8, 4) is 0 Å². The molecular weight excluding hydrogens is 466 g/mol. The molecule has 15 nitrogen and oxygen atoms in total. The molecule has 0 aliphatic heterocycles. The zero-order valence-electron chi connectivity index (χ0n) is 17.4. The fraction of sp³-hybridized carbons (Fsp3) is 0.588. The summed E-state index contributed by atoms with van der Waals surface area (Å²) in [5.74, 6) is -8.27. The number of amides is 4. The molecule has 4 atom stereocenters. The molecule has 0 heterocycles. The second-order valence-corrected chi connectivity index (χ2v) is 7.21. The minimum atomic E-state index is -1.64. The molecule has 16 heteroatoms. The number of thiol groups is 1. The molecule has 0 aromatic rings. The van der Waals surface area contributed by atoms with E-state index in [9.17, 15) is 33.6 Å². The second-order valence-electron chi connectivity index (χ2n) is 6.85. The van der Waals surface area contributed by atoms with Crippen LogP contribution >= 0.6 is 12.6 Å². The number of rotatable bonds is 16. The highest BCUT2D eigenvalue weighted by Crippen LogP contribution is 2.03. The van der Waals surface area contributed by atoms with Crippen molar-refractivity contribution in [1.82, 2.24) is 16.0 Å². The highest BCUT2D eigenvalue weighted by atomic mass is 32.1. The van der Waals surface area contributed by atoms with Gasteiger partial charge in [0, 0.05) is 18.6 Å². The topological polar surface area (TPSA) is 268 Å². The van der Waals surface area contributed by atoms with Gasteiger partial charge in [0.2, 0.25) is 23.6 Å². The average Bonchev–Trinajstić information content (AvgIpc) is 2.71. The maximum atomic E-state index is 12.5. The first-order valence-electron chi connectivity index (χ1n) is 9.50. The van der Waals surface area contributed by atoms with E-state index in [0.717, 1.165) is 0 Å². The first kappa shape index (κ1) is 29.6. The summed E-state index contributed by atoms with van der Waals surface area (Å²) in [5, 5.41) is 32.9. The number of hydrogen-bond donors (Lipinski definition) is 9. The fourth-order valence-electron chi connectivity index (χ4n) is 2.36.